The van der Waals surface area contributed by atoms with E-state index in [4.69, 9.17) is 27.5 Å². The number of pyridine rings is 1. The van der Waals surface area contributed by atoms with Crippen LogP contribution in [0.5, 0.6) is 5.75 Å². The van der Waals surface area contributed by atoms with E-state index in [1.807, 2.05) is 30.3 Å². The van der Waals surface area contributed by atoms with Gasteiger partial charge in [-0.15, -0.1) is 11.8 Å². The SMILES string of the molecule is COc1ccc(CSc2ccc(Cl)cn2)cc1C(=N)N. The van der Waals surface area contributed by atoms with Gasteiger partial charge in [0.15, 0.2) is 0 Å². The summed E-state index contributed by atoms with van der Waals surface area (Å²) in [6.45, 7) is 0. The molecule has 0 amide bonds. The maximum atomic E-state index is 7.56. The lowest BCUT2D eigenvalue weighted by Crippen LogP contribution is -2.12. The monoisotopic (exact) mass is 307 g/mol. The molecule has 0 atom stereocenters. The summed E-state index contributed by atoms with van der Waals surface area (Å²) in [5, 5.41) is 9.08. The van der Waals surface area contributed by atoms with Gasteiger partial charge in [0.05, 0.1) is 22.7 Å². The van der Waals surface area contributed by atoms with Crippen molar-refractivity contribution in [2.45, 2.75) is 10.8 Å². The Labute approximate surface area is 126 Å². The summed E-state index contributed by atoms with van der Waals surface area (Å²) < 4.78 is 5.18. The minimum atomic E-state index is -0.00156. The second kappa shape index (κ2) is 6.63. The Balaban J connectivity index is 2.11. The summed E-state index contributed by atoms with van der Waals surface area (Å²) in [4.78, 5) is 4.22. The van der Waals surface area contributed by atoms with Crippen molar-refractivity contribution >= 4 is 29.2 Å². The van der Waals surface area contributed by atoms with Crippen molar-refractivity contribution in [2.75, 3.05) is 7.11 Å². The molecule has 0 saturated heterocycles. The summed E-state index contributed by atoms with van der Waals surface area (Å²) >= 11 is 7.39. The van der Waals surface area contributed by atoms with Crippen LogP contribution in [-0.4, -0.2) is 17.9 Å². The van der Waals surface area contributed by atoms with Crippen molar-refractivity contribution in [1.82, 2.24) is 4.98 Å². The standard InChI is InChI=1S/C14H14ClN3OS/c1-19-12-4-2-9(6-11(12)14(16)17)8-20-13-5-3-10(15)7-18-13/h2-7H,8H2,1H3,(H3,16,17). The molecule has 0 aliphatic rings. The van der Waals surface area contributed by atoms with Crippen LogP contribution in [0.25, 0.3) is 0 Å². The normalized spacial score (nSPS) is 10.3. The Morgan fingerprint density at radius 1 is 1.40 bits per heavy atom. The van der Waals surface area contributed by atoms with Crippen LogP contribution in [0.4, 0.5) is 0 Å². The van der Waals surface area contributed by atoms with E-state index in [1.165, 1.54) is 0 Å². The lowest BCUT2D eigenvalue weighted by molar-refractivity contribution is 0.413. The first-order chi connectivity index (χ1) is 9.60. The van der Waals surface area contributed by atoms with Gasteiger partial charge in [0, 0.05) is 11.9 Å². The van der Waals surface area contributed by atoms with Crippen LogP contribution < -0.4 is 10.5 Å². The van der Waals surface area contributed by atoms with Crippen molar-refractivity contribution in [3.05, 3.63) is 52.7 Å². The number of halogens is 1. The number of rotatable bonds is 5. The number of hydrogen-bond donors (Lipinski definition) is 2. The van der Waals surface area contributed by atoms with Gasteiger partial charge >= 0.3 is 0 Å². The smallest absolute Gasteiger partial charge is 0.129 e. The minimum Gasteiger partial charge on any atom is -0.496 e. The highest BCUT2D eigenvalue weighted by Gasteiger charge is 2.07. The maximum Gasteiger partial charge on any atom is 0.129 e. The molecule has 0 saturated carbocycles. The average Bonchev–Trinajstić information content (AvgIpc) is 2.46. The molecule has 0 spiro atoms. The van der Waals surface area contributed by atoms with E-state index in [9.17, 15) is 0 Å². The van der Waals surface area contributed by atoms with Crippen molar-refractivity contribution in [3.63, 3.8) is 0 Å². The van der Waals surface area contributed by atoms with Crippen molar-refractivity contribution < 1.29 is 4.74 Å². The van der Waals surface area contributed by atoms with Crippen molar-refractivity contribution in [2.24, 2.45) is 5.73 Å². The second-order valence-corrected chi connectivity index (χ2v) is 5.48. The van der Waals surface area contributed by atoms with Crippen molar-refractivity contribution in [3.8, 4) is 5.75 Å². The fraction of sp³-hybridized carbons (Fsp3) is 0.143. The molecule has 2 aromatic rings. The molecule has 0 radical (unpaired) electrons. The number of nitrogens with two attached hydrogens (primary N) is 1. The molecular weight excluding hydrogens is 294 g/mol. The Bertz CT molecular complexity index is 616. The topological polar surface area (TPSA) is 72.0 Å². The van der Waals surface area contributed by atoms with Crippen LogP contribution in [-0.2, 0) is 5.75 Å². The number of ether oxygens (including phenoxy) is 1. The van der Waals surface area contributed by atoms with E-state index < -0.39 is 0 Å². The van der Waals surface area contributed by atoms with E-state index in [2.05, 4.69) is 4.98 Å². The molecule has 0 unspecified atom stereocenters. The number of nitrogens with zero attached hydrogens (tertiary/aromatic N) is 1. The highest BCUT2D eigenvalue weighted by atomic mass is 35.5. The van der Waals surface area contributed by atoms with Gasteiger partial charge in [0.2, 0.25) is 0 Å². The zero-order valence-electron chi connectivity index (χ0n) is 10.9. The van der Waals surface area contributed by atoms with E-state index >= 15 is 0 Å². The molecule has 1 aromatic carbocycles. The van der Waals surface area contributed by atoms with Crippen LogP contribution in [0.1, 0.15) is 11.1 Å². The zero-order valence-corrected chi connectivity index (χ0v) is 12.5. The Kier molecular flexibility index (Phi) is 4.87. The highest BCUT2D eigenvalue weighted by molar-refractivity contribution is 7.98. The number of hydrogen-bond acceptors (Lipinski definition) is 4. The number of benzene rings is 1. The third-order valence-corrected chi connectivity index (χ3v) is 3.88. The van der Waals surface area contributed by atoms with Gasteiger partial charge in [0.25, 0.3) is 0 Å². The molecule has 6 heteroatoms. The number of nitrogen functional groups attached to an aromatic ring is 1. The summed E-state index contributed by atoms with van der Waals surface area (Å²) in [6, 6.07) is 9.33. The molecule has 1 aromatic heterocycles. The number of amidine groups is 1. The maximum absolute atomic E-state index is 7.56. The first-order valence-corrected chi connectivity index (χ1v) is 7.22. The van der Waals surface area contributed by atoms with E-state index in [-0.39, 0.29) is 5.84 Å². The molecule has 0 aliphatic heterocycles. The molecule has 0 fully saturated rings. The first-order valence-electron chi connectivity index (χ1n) is 5.86. The molecule has 20 heavy (non-hydrogen) atoms. The van der Waals surface area contributed by atoms with Crippen molar-refractivity contribution in [1.29, 1.82) is 5.41 Å². The van der Waals surface area contributed by atoms with Crippen LogP contribution >= 0.6 is 23.4 Å². The van der Waals surface area contributed by atoms with E-state index in [0.717, 1.165) is 16.3 Å². The lowest BCUT2D eigenvalue weighted by Gasteiger charge is -2.09. The molecule has 4 nitrogen and oxygen atoms in total. The third-order valence-electron chi connectivity index (χ3n) is 2.64. The number of nitrogens with one attached hydrogen (secondary N) is 1. The highest BCUT2D eigenvalue weighted by Crippen LogP contribution is 2.25. The fourth-order valence-electron chi connectivity index (χ4n) is 1.66. The predicted molar refractivity (Wildman–Crippen MR) is 82.8 cm³/mol. The Hall–Kier alpha value is -1.72. The number of aromatic nitrogens is 1. The fourth-order valence-corrected chi connectivity index (χ4v) is 2.56. The summed E-state index contributed by atoms with van der Waals surface area (Å²) in [6.07, 6.45) is 1.62. The van der Waals surface area contributed by atoms with Crippen LogP contribution in [0.15, 0.2) is 41.6 Å². The number of thioether (sulfide) groups is 1. The molecule has 1 heterocycles. The predicted octanol–water partition coefficient (Wildman–Crippen LogP) is 3.32. The third kappa shape index (κ3) is 3.65. The van der Waals surface area contributed by atoms with Gasteiger partial charge < -0.3 is 10.5 Å². The van der Waals surface area contributed by atoms with E-state index in [1.54, 1.807) is 25.1 Å². The zero-order chi connectivity index (χ0) is 14.5. The quantitative estimate of drug-likeness (QED) is 0.505. The summed E-state index contributed by atoms with van der Waals surface area (Å²) in [5.74, 6) is 1.34. The molecule has 104 valence electrons. The molecule has 0 aliphatic carbocycles. The Morgan fingerprint density at radius 2 is 2.20 bits per heavy atom. The number of methoxy groups -OCH3 is 1. The van der Waals surface area contributed by atoms with Crippen LogP contribution in [0, 0.1) is 5.41 Å². The molecule has 2 rings (SSSR count). The minimum absolute atomic E-state index is 0.00156. The first kappa shape index (κ1) is 14.7. The summed E-state index contributed by atoms with van der Waals surface area (Å²) in [7, 11) is 1.56. The van der Waals surface area contributed by atoms with Crippen LogP contribution in [0.2, 0.25) is 5.02 Å². The molecule has 3 N–H and O–H groups in total. The van der Waals surface area contributed by atoms with Gasteiger partial charge in [-0.25, -0.2) is 4.98 Å². The second-order valence-electron chi connectivity index (χ2n) is 4.05. The largest absolute Gasteiger partial charge is 0.496 e. The average molecular weight is 308 g/mol. The van der Waals surface area contributed by atoms with Gasteiger partial charge in [-0.05, 0) is 29.8 Å². The van der Waals surface area contributed by atoms with Gasteiger partial charge in [-0.3, -0.25) is 5.41 Å². The van der Waals surface area contributed by atoms with Gasteiger partial charge in [-0.2, -0.15) is 0 Å². The van der Waals surface area contributed by atoms with E-state index in [0.29, 0.717) is 16.3 Å². The Morgan fingerprint density at radius 3 is 2.80 bits per heavy atom. The van der Waals surface area contributed by atoms with Gasteiger partial charge in [0.1, 0.15) is 11.6 Å². The summed E-state index contributed by atoms with van der Waals surface area (Å²) in [5.41, 5.74) is 7.21. The lowest BCUT2D eigenvalue weighted by atomic mass is 10.1. The molecule has 0 bridgehead atoms. The van der Waals surface area contributed by atoms with Crippen LogP contribution in [0.3, 0.4) is 0 Å². The van der Waals surface area contributed by atoms with Gasteiger partial charge in [-0.1, -0.05) is 17.7 Å². The molecular formula is C14H14ClN3OS.